The first-order chi connectivity index (χ1) is 10.3. The highest BCUT2D eigenvalue weighted by atomic mass is 127. The highest BCUT2D eigenvalue weighted by Crippen LogP contribution is 2.20. The van der Waals surface area contributed by atoms with Crippen molar-refractivity contribution < 1.29 is 0 Å². The Morgan fingerprint density at radius 2 is 1.71 bits per heavy atom. The van der Waals surface area contributed by atoms with Gasteiger partial charge in [0.05, 0.1) is 0 Å². The van der Waals surface area contributed by atoms with Crippen molar-refractivity contribution in [3.8, 4) is 0 Å². The van der Waals surface area contributed by atoms with E-state index in [1.54, 1.807) is 11.8 Å². The predicted octanol–water partition coefficient (Wildman–Crippen LogP) is 4.29. The van der Waals surface area contributed by atoms with Gasteiger partial charge in [0.2, 0.25) is 5.16 Å². The van der Waals surface area contributed by atoms with Crippen LogP contribution in [0.1, 0.15) is 17.0 Å². The lowest BCUT2D eigenvalue weighted by atomic mass is 10.1. The molecular formula is C16H14IN3S. The molecular weight excluding hydrogens is 393 g/mol. The van der Waals surface area contributed by atoms with Crippen LogP contribution in [0.3, 0.4) is 0 Å². The molecule has 0 aliphatic carbocycles. The third kappa shape index (κ3) is 4.31. The average Bonchev–Trinajstić information content (AvgIpc) is 2.95. The van der Waals surface area contributed by atoms with Crippen LogP contribution in [0.4, 0.5) is 0 Å². The number of thioether (sulfide) groups is 1. The van der Waals surface area contributed by atoms with Crippen molar-refractivity contribution in [2.45, 2.75) is 17.3 Å². The lowest BCUT2D eigenvalue weighted by Gasteiger charge is -1.98. The fourth-order valence-corrected chi connectivity index (χ4v) is 3.07. The van der Waals surface area contributed by atoms with E-state index < -0.39 is 0 Å². The zero-order valence-corrected chi connectivity index (χ0v) is 14.3. The lowest BCUT2D eigenvalue weighted by molar-refractivity contribution is 0.956. The molecule has 1 N–H and O–H groups in total. The summed E-state index contributed by atoms with van der Waals surface area (Å²) in [6.45, 7) is 0. The molecule has 0 atom stereocenters. The van der Waals surface area contributed by atoms with Gasteiger partial charge in [-0.05, 0) is 45.9 Å². The van der Waals surface area contributed by atoms with Crippen LogP contribution in [-0.2, 0) is 12.2 Å². The van der Waals surface area contributed by atoms with Crippen molar-refractivity contribution in [2.24, 2.45) is 0 Å². The molecule has 0 saturated heterocycles. The Balaban J connectivity index is 1.59. The number of hydrogen-bond donors (Lipinski definition) is 1. The van der Waals surface area contributed by atoms with Crippen LogP contribution in [-0.4, -0.2) is 15.2 Å². The van der Waals surface area contributed by atoms with Gasteiger partial charge >= 0.3 is 0 Å². The topological polar surface area (TPSA) is 41.6 Å². The Kier molecular flexibility index (Phi) is 4.92. The van der Waals surface area contributed by atoms with E-state index in [4.69, 9.17) is 0 Å². The largest absolute Gasteiger partial charge is 0.262 e. The second kappa shape index (κ2) is 7.09. The first-order valence-corrected chi connectivity index (χ1v) is 8.68. The maximum absolute atomic E-state index is 4.53. The molecule has 1 heterocycles. The monoisotopic (exact) mass is 407 g/mol. The van der Waals surface area contributed by atoms with Crippen LogP contribution in [0.5, 0.6) is 0 Å². The summed E-state index contributed by atoms with van der Waals surface area (Å²) in [7, 11) is 0. The Labute approximate surface area is 141 Å². The molecule has 1 aromatic heterocycles. The third-order valence-electron chi connectivity index (χ3n) is 3.01. The number of H-pyrrole nitrogens is 1. The molecule has 3 aromatic rings. The second-order valence-electron chi connectivity index (χ2n) is 4.64. The van der Waals surface area contributed by atoms with E-state index in [9.17, 15) is 0 Å². The quantitative estimate of drug-likeness (QED) is 0.507. The molecule has 0 saturated carbocycles. The van der Waals surface area contributed by atoms with Crippen molar-refractivity contribution >= 4 is 34.4 Å². The number of hydrogen-bond acceptors (Lipinski definition) is 3. The van der Waals surface area contributed by atoms with Gasteiger partial charge in [0.15, 0.2) is 0 Å². The average molecular weight is 407 g/mol. The van der Waals surface area contributed by atoms with Gasteiger partial charge in [0, 0.05) is 15.7 Å². The molecule has 0 amide bonds. The number of nitrogens with one attached hydrogen (secondary N) is 1. The van der Waals surface area contributed by atoms with Crippen LogP contribution in [0.2, 0.25) is 0 Å². The van der Waals surface area contributed by atoms with Crippen molar-refractivity contribution in [3.63, 3.8) is 0 Å². The summed E-state index contributed by atoms with van der Waals surface area (Å²) in [4.78, 5) is 4.53. The van der Waals surface area contributed by atoms with E-state index in [1.165, 1.54) is 14.7 Å². The van der Waals surface area contributed by atoms with Crippen LogP contribution in [0.15, 0.2) is 59.8 Å². The summed E-state index contributed by atoms with van der Waals surface area (Å²) in [5, 5.41) is 8.09. The molecule has 0 unspecified atom stereocenters. The van der Waals surface area contributed by atoms with Gasteiger partial charge in [0.1, 0.15) is 5.82 Å². The minimum Gasteiger partial charge on any atom is -0.262 e. The lowest BCUT2D eigenvalue weighted by Crippen LogP contribution is -1.90. The summed E-state index contributed by atoms with van der Waals surface area (Å²) >= 11 is 3.97. The minimum absolute atomic E-state index is 0.790. The van der Waals surface area contributed by atoms with Crippen LogP contribution in [0.25, 0.3) is 0 Å². The van der Waals surface area contributed by atoms with Gasteiger partial charge in [-0.2, -0.15) is 0 Å². The highest BCUT2D eigenvalue weighted by molar-refractivity contribution is 14.1. The normalized spacial score (nSPS) is 10.7. The molecule has 0 aliphatic rings. The number of aromatic amines is 1. The summed E-state index contributed by atoms with van der Waals surface area (Å²) in [5.41, 5.74) is 2.53. The molecule has 0 radical (unpaired) electrons. The van der Waals surface area contributed by atoms with Crippen molar-refractivity contribution in [2.75, 3.05) is 0 Å². The zero-order chi connectivity index (χ0) is 14.5. The number of halogens is 1. The van der Waals surface area contributed by atoms with Crippen molar-refractivity contribution in [3.05, 3.63) is 75.1 Å². The van der Waals surface area contributed by atoms with Crippen molar-refractivity contribution in [1.29, 1.82) is 0 Å². The van der Waals surface area contributed by atoms with E-state index in [0.717, 1.165) is 23.2 Å². The van der Waals surface area contributed by atoms with Gasteiger partial charge in [-0.1, -0.05) is 54.2 Å². The van der Waals surface area contributed by atoms with Gasteiger partial charge in [-0.25, -0.2) is 4.98 Å². The van der Waals surface area contributed by atoms with Crippen LogP contribution >= 0.6 is 34.4 Å². The van der Waals surface area contributed by atoms with Crippen LogP contribution in [0, 0.1) is 3.57 Å². The molecule has 2 aromatic carbocycles. The molecule has 0 spiro atoms. The third-order valence-corrected chi connectivity index (χ3v) is 4.64. The first-order valence-electron chi connectivity index (χ1n) is 6.62. The maximum atomic E-state index is 4.53. The molecule has 3 nitrogen and oxygen atoms in total. The molecule has 0 fully saturated rings. The predicted molar refractivity (Wildman–Crippen MR) is 94.4 cm³/mol. The SMILES string of the molecule is Ic1ccc(CSc2n[nH]c(Cc3ccccc3)n2)cc1. The van der Waals surface area contributed by atoms with Gasteiger partial charge in [-0.3, -0.25) is 5.10 Å². The zero-order valence-electron chi connectivity index (χ0n) is 11.3. The fraction of sp³-hybridized carbons (Fsp3) is 0.125. The first kappa shape index (κ1) is 14.6. The number of rotatable bonds is 5. The van der Waals surface area contributed by atoms with Gasteiger partial charge in [-0.15, -0.1) is 5.10 Å². The van der Waals surface area contributed by atoms with Crippen molar-refractivity contribution in [1.82, 2.24) is 15.2 Å². The van der Waals surface area contributed by atoms with Crippen LogP contribution < -0.4 is 0 Å². The van der Waals surface area contributed by atoms with E-state index in [0.29, 0.717) is 0 Å². The number of benzene rings is 2. The summed E-state index contributed by atoms with van der Waals surface area (Å²) in [5.74, 6) is 1.80. The van der Waals surface area contributed by atoms with Gasteiger partial charge in [0.25, 0.3) is 0 Å². The highest BCUT2D eigenvalue weighted by Gasteiger charge is 2.05. The maximum Gasteiger partial charge on any atom is 0.208 e. The molecule has 0 aliphatic heterocycles. The van der Waals surface area contributed by atoms with E-state index >= 15 is 0 Å². The second-order valence-corrected chi connectivity index (χ2v) is 6.83. The molecule has 21 heavy (non-hydrogen) atoms. The molecule has 0 bridgehead atoms. The van der Waals surface area contributed by atoms with Gasteiger partial charge < -0.3 is 0 Å². The number of aromatic nitrogens is 3. The smallest absolute Gasteiger partial charge is 0.208 e. The summed E-state index contributed by atoms with van der Waals surface area (Å²) < 4.78 is 1.25. The summed E-state index contributed by atoms with van der Waals surface area (Å²) in [6.07, 6.45) is 0.790. The Bertz CT molecular complexity index is 695. The van der Waals surface area contributed by atoms with E-state index in [-0.39, 0.29) is 0 Å². The minimum atomic E-state index is 0.790. The summed E-state index contributed by atoms with van der Waals surface area (Å²) in [6, 6.07) is 18.8. The standard InChI is InChI=1S/C16H14IN3S/c17-14-8-6-13(7-9-14)11-21-16-18-15(19-20-16)10-12-4-2-1-3-5-12/h1-9H,10-11H2,(H,18,19,20). The van der Waals surface area contributed by atoms with E-state index in [2.05, 4.69) is 74.2 Å². The molecule has 5 heteroatoms. The van der Waals surface area contributed by atoms with E-state index in [1.807, 2.05) is 18.2 Å². The molecule has 106 valence electrons. The Morgan fingerprint density at radius 3 is 2.48 bits per heavy atom. The molecule has 3 rings (SSSR count). The fourth-order valence-electron chi connectivity index (χ4n) is 1.94. The Morgan fingerprint density at radius 1 is 0.952 bits per heavy atom. The number of nitrogens with zero attached hydrogens (tertiary/aromatic N) is 2. The Hall–Kier alpha value is -1.34.